The summed E-state index contributed by atoms with van der Waals surface area (Å²) in [6.45, 7) is 2.59. The molecule has 108 valence electrons. The molecular formula is C17H15ClFNO. The van der Waals surface area contributed by atoms with Gasteiger partial charge < -0.3 is 4.90 Å². The van der Waals surface area contributed by atoms with Crippen molar-refractivity contribution in [1.29, 1.82) is 0 Å². The number of halogens is 2. The number of fused-ring (bicyclic) bond motifs is 1. The molecule has 0 saturated heterocycles. The van der Waals surface area contributed by atoms with Crippen LogP contribution in [0, 0.1) is 12.7 Å². The Morgan fingerprint density at radius 1 is 1.29 bits per heavy atom. The van der Waals surface area contributed by atoms with Crippen LogP contribution in [0.5, 0.6) is 0 Å². The van der Waals surface area contributed by atoms with E-state index in [2.05, 4.69) is 0 Å². The van der Waals surface area contributed by atoms with Crippen LogP contribution in [-0.4, -0.2) is 12.5 Å². The first-order valence-corrected chi connectivity index (χ1v) is 7.30. The molecule has 0 atom stereocenters. The number of rotatable bonds is 1. The largest absolute Gasteiger partial charge is 0.308 e. The fourth-order valence-electron chi connectivity index (χ4n) is 2.90. The second kappa shape index (κ2) is 5.49. The molecule has 2 aromatic rings. The molecule has 2 aromatic carbocycles. The predicted molar refractivity (Wildman–Crippen MR) is 82.6 cm³/mol. The summed E-state index contributed by atoms with van der Waals surface area (Å²) in [6, 6.07) is 9.59. The average molecular weight is 304 g/mol. The Morgan fingerprint density at radius 3 is 2.86 bits per heavy atom. The molecule has 0 aliphatic carbocycles. The van der Waals surface area contributed by atoms with Gasteiger partial charge in [0.2, 0.25) is 0 Å². The maximum atomic E-state index is 13.3. The van der Waals surface area contributed by atoms with Crippen LogP contribution in [0.4, 0.5) is 10.1 Å². The van der Waals surface area contributed by atoms with E-state index in [1.165, 1.54) is 12.1 Å². The van der Waals surface area contributed by atoms with Gasteiger partial charge in [-0.05, 0) is 61.2 Å². The van der Waals surface area contributed by atoms with Gasteiger partial charge in [-0.3, -0.25) is 4.79 Å². The van der Waals surface area contributed by atoms with E-state index in [0.717, 1.165) is 29.7 Å². The Kier molecular flexibility index (Phi) is 3.68. The molecule has 0 unspecified atom stereocenters. The molecular weight excluding hydrogens is 289 g/mol. The average Bonchev–Trinajstić information content (AvgIpc) is 2.45. The third kappa shape index (κ3) is 2.66. The molecule has 4 heteroatoms. The van der Waals surface area contributed by atoms with Crippen molar-refractivity contribution in [2.75, 3.05) is 11.4 Å². The molecule has 0 saturated carbocycles. The minimum Gasteiger partial charge on any atom is -0.308 e. The highest BCUT2D eigenvalue weighted by molar-refractivity contribution is 6.31. The third-order valence-electron chi connectivity index (χ3n) is 3.76. The Morgan fingerprint density at radius 2 is 2.10 bits per heavy atom. The summed E-state index contributed by atoms with van der Waals surface area (Å²) in [4.78, 5) is 14.4. The fourth-order valence-corrected chi connectivity index (χ4v) is 3.20. The molecule has 0 fully saturated rings. The highest BCUT2D eigenvalue weighted by atomic mass is 35.5. The van der Waals surface area contributed by atoms with Gasteiger partial charge in [0, 0.05) is 17.1 Å². The zero-order valence-corrected chi connectivity index (χ0v) is 12.5. The molecule has 1 aliphatic heterocycles. The zero-order chi connectivity index (χ0) is 15.0. The third-order valence-corrected chi connectivity index (χ3v) is 3.98. The zero-order valence-electron chi connectivity index (χ0n) is 11.7. The van der Waals surface area contributed by atoms with Crippen LogP contribution in [0.1, 0.15) is 27.9 Å². The van der Waals surface area contributed by atoms with E-state index in [1.807, 2.05) is 19.1 Å². The number of amides is 1. The molecule has 1 heterocycles. The highest BCUT2D eigenvalue weighted by Gasteiger charge is 2.25. The van der Waals surface area contributed by atoms with E-state index in [1.54, 1.807) is 17.0 Å². The summed E-state index contributed by atoms with van der Waals surface area (Å²) in [6.07, 6.45) is 1.79. The summed E-state index contributed by atoms with van der Waals surface area (Å²) in [5.74, 6) is -0.563. The van der Waals surface area contributed by atoms with Gasteiger partial charge in [0.05, 0.1) is 5.69 Å². The van der Waals surface area contributed by atoms with Gasteiger partial charge in [-0.1, -0.05) is 17.7 Å². The van der Waals surface area contributed by atoms with Crippen molar-refractivity contribution >= 4 is 23.2 Å². The molecule has 1 amide bonds. The van der Waals surface area contributed by atoms with Crippen molar-refractivity contribution in [3.63, 3.8) is 0 Å². The maximum Gasteiger partial charge on any atom is 0.258 e. The van der Waals surface area contributed by atoms with Gasteiger partial charge in [0.15, 0.2) is 0 Å². The number of aryl methyl sites for hydroxylation is 2. The Labute approximate surface area is 128 Å². The van der Waals surface area contributed by atoms with E-state index in [9.17, 15) is 9.18 Å². The quantitative estimate of drug-likeness (QED) is 0.765. The maximum absolute atomic E-state index is 13.3. The van der Waals surface area contributed by atoms with Crippen molar-refractivity contribution in [2.45, 2.75) is 19.8 Å². The summed E-state index contributed by atoms with van der Waals surface area (Å²) >= 11 is 6.09. The molecule has 0 aromatic heterocycles. The smallest absolute Gasteiger partial charge is 0.258 e. The van der Waals surface area contributed by atoms with Crippen LogP contribution in [0.2, 0.25) is 5.02 Å². The Balaban J connectivity index is 2.04. The lowest BCUT2D eigenvalue weighted by Gasteiger charge is -2.31. The minimum absolute atomic E-state index is 0.166. The summed E-state index contributed by atoms with van der Waals surface area (Å²) in [5, 5.41) is 0.686. The van der Waals surface area contributed by atoms with Crippen LogP contribution in [0.15, 0.2) is 36.4 Å². The molecule has 0 spiro atoms. The van der Waals surface area contributed by atoms with E-state index in [-0.39, 0.29) is 5.91 Å². The number of hydrogen-bond donors (Lipinski definition) is 0. The number of anilines is 1. The van der Waals surface area contributed by atoms with Gasteiger partial charge in [-0.15, -0.1) is 0 Å². The topological polar surface area (TPSA) is 20.3 Å². The Bertz CT molecular complexity index is 714. The number of carbonyl (C=O) groups is 1. The van der Waals surface area contributed by atoms with Gasteiger partial charge in [-0.2, -0.15) is 0 Å². The molecule has 1 aliphatic rings. The summed E-state index contributed by atoms with van der Waals surface area (Å²) in [5.41, 5.74) is 3.34. The van der Waals surface area contributed by atoms with Crippen LogP contribution in [-0.2, 0) is 6.42 Å². The summed E-state index contributed by atoms with van der Waals surface area (Å²) < 4.78 is 13.3. The highest BCUT2D eigenvalue weighted by Crippen LogP contribution is 2.34. The van der Waals surface area contributed by atoms with Gasteiger partial charge in [0.1, 0.15) is 5.82 Å². The van der Waals surface area contributed by atoms with E-state index < -0.39 is 5.82 Å². The van der Waals surface area contributed by atoms with Gasteiger partial charge in [-0.25, -0.2) is 4.39 Å². The first-order chi connectivity index (χ1) is 10.1. The van der Waals surface area contributed by atoms with Crippen LogP contribution >= 0.6 is 11.6 Å². The van der Waals surface area contributed by atoms with Crippen molar-refractivity contribution in [3.05, 3.63) is 63.9 Å². The predicted octanol–water partition coefficient (Wildman–Crippen LogP) is 4.38. The van der Waals surface area contributed by atoms with E-state index in [4.69, 9.17) is 11.6 Å². The number of nitrogens with zero attached hydrogens (tertiary/aromatic N) is 1. The van der Waals surface area contributed by atoms with Crippen LogP contribution < -0.4 is 4.90 Å². The van der Waals surface area contributed by atoms with Crippen LogP contribution in [0.25, 0.3) is 0 Å². The van der Waals surface area contributed by atoms with Crippen LogP contribution in [0.3, 0.4) is 0 Å². The minimum atomic E-state index is -0.397. The molecule has 0 N–H and O–H groups in total. The summed E-state index contributed by atoms with van der Waals surface area (Å²) in [7, 11) is 0. The molecule has 2 nitrogen and oxygen atoms in total. The lowest BCUT2D eigenvalue weighted by molar-refractivity contribution is 0.0984. The van der Waals surface area contributed by atoms with E-state index >= 15 is 0 Å². The lowest BCUT2D eigenvalue weighted by atomic mass is 9.97. The van der Waals surface area contributed by atoms with Gasteiger partial charge >= 0.3 is 0 Å². The normalized spacial score (nSPS) is 14.0. The lowest BCUT2D eigenvalue weighted by Crippen LogP contribution is -2.36. The van der Waals surface area contributed by atoms with Crippen molar-refractivity contribution in [2.24, 2.45) is 0 Å². The number of benzene rings is 2. The number of hydrogen-bond acceptors (Lipinski definition) is 1. The van der Waals surface area contributed by atoms with Gasteiger partial charge in [0.25, 0.3) is 5.91 Å². The first-order valence-electron chi connectivity index (χ1n) is 6.93. The standard InChI is InChI=1S/C17H15ClFNO/c1-11-8-14(18)9-12-5-3-7-20(16(11)12)17(21)13-4-2-6-15(19)10-13/h2,4,6,8-10H,3,5,7H2,1H3. The van der Waals surface area contributed by atoms with Crippen molar-refractivity contribution < 1.29 is 9.18 Å². The van der Waals surface area contributed by atoms with E-state index in [0.29, 0.717) is 17.1 Å². The molecule has 21 heavy (non-hydrogen) atoms. The number of carbonyl (C=O) groups excluding carboxylic acids is 1. The molecule has 3 rings (SSSR count). The molecule has 0 bridgehead atoms. The van der Waals surface area contributed by atoms with Crippen molar-refractivity contribution in [3.8, 4) is 0 Å². The Hall–Kier alpha value is -1.87. The fraction of sp³-hybridized carbons (Fsp3) is 0.235. The molecule has 0 radical (unpaired) electrons. The second-order valence-corrected chi connectivity index (χ2v) is 5.74. The monoisotopic (exact) mass is 303 g/mol. The SMILES string of the molecule is Cc1cc(Cl)cc2c1N(C(=O)c1cccc(F)c1)CCC2. The second-order valence-electron chi connectivity index (χ2n) is 5.30. The van der Waals surface area contributed by atoms with Crippen molar-refractivity contribution in [1.82, 2.24) is 0 Å². The first kappa shape index (κ1) is 14.1.